The van der Waals surface area contributed by atoms with Gasteiger partial charge in [0.15, 0.2) is 17.3 Å². The van der Waals surface area contributed by atoms with E-state index in [-0.39, 0.29) is 22.9 Å². The Kier molecular flexibility index (Phi) is 4.07. The molecule has 2 rings (SSSR count). The lowest BCUT2D eigenvalue weighted by Crippen LogP contribution is -2.04. The van der Waals surface area contributed by atoms with Gasteiger partial charge in [0.05, 0.1) is 18.1 Å². The fourth-order valence-corrected chi connectivity index (χ4v) is 1.50. The van der Waals surface area contributed by atoms with Gasteiger partial charge in [-0.15, -0.1) is 0 Å². The second kappa shape index (κ2) is 5.95. The van der Waals surface area contributed by atoms with Crippen LogP contribution in [0.15, 0.2) is 36.5 Å². The standard InChI is InChI=1S/C13H9FN2O5/c1-20-13(17)11-7-9(4-5-15-11)21-12-3-2-8(16(18)19)6-10(12)14/h2-7H,1H3. The quantitative estimate of drug-likeness (QED) is 0.488. The SMILES string of the molecule is COC(=O)c1cc(Oc2ccc([N+](=O)[O-])cc2F)ccn1. The van der Waals surface area contributed by atoms with E-state index >= 15 is 0 Å². The number of esters is 1. The summed E-state index contributed by atoms with van der Waals surface area (Å²) in [6, 6.07) is 5.67. The molecule has 0 fully saturated rings. The first-order valence-electron chi connectivity index (χ1n) is 5.67. The molecule has 0 aliphatic carbocycles. The normalized spacial score (nSPS) is 10.0. The van der Waals surface area contributed by atoms with E-state index in [0.717, 1.165) is 18.2 Å². The highest BCUT2D eigenvalue weighted by Crippen LogP contribution is 2.27. The molecule has 2 aromatic rings. The summed E-state index contributed by atoms with van der Waals surface area (Å²) >= 11 is 0. The summed E-state index contributed by atoms with van der Waals surface area (Å²) in [6.07, 6.45) is 1.30. The van der Waals surface area contributed by atoms with E-state index in [9.17, 15) is 19.3 Å². The highest BCUT2D eigenvalue weighted by molar-refractivity contribution is 5.87. The summed E-state index contributed by atoms with van der Waals surface area (Å²) in [4.78, 5) is 24.9. The maximum absolute atomic E-state index is 13.7. The van der Waals surface area contributed by atoms with Crippen LogP contribution in [0.25, 0.3) is 0 Å². The van der Waals surface area contributed by atoms with Crippen LogP contribution in [0, 0.1) is 15.9 Å². The molecular formula is C13H9FN2O5. The Morgan fingerprint density at radius 3 is 2.71 bits per heavy atom. The lowest BCUT2D eigenvalue weighted by Gasteiger charge is -2.07. The van der Waals surface area contributed by atoms with Crippen molar-refractivity contribution < 1.29 is 23.6 Å². The molecule has 0 spiro atoms. The first kappa shape index (κ1) is 14.4. The van der Waals surface area contributed by atoms with Crippen LogP contribution >= 0.6 is 0 Å². The molecule has 0 amide bonds. The fraction of sp³-hybridized carbons (Fsp3) is 0.0769. The Balaban J connectivity index is 2.26. The number of nitro groups is 1. The average molecular weight is 292 g/mol. The average Bonchev–Trinajstić information content (AvgIpc) is 2.48. The van der Waals surface area contributed by atoms with Crippen LogP contribution in [-0.2, 0) is 4.74 Å². The minimum absolute atomic E-state index is 0.00248. The van der Waals surface area contributed by atoms with Crippen molar-refractivity contribution in [1.29, 1.82) is 0 Å². The Morgan fingerprint density at radius 2 is 2.10 bits per heavy atom. The number of aromatic nitrogens is 1. The van der Waals surface area contributed by atoms with Crippen LogP contribution < -0.4 is 4.74 Å². The van der Waals surface area contributed by atoms with Crippen LogP contribution in [0.2, 0.25) is 0 Å². The predicted molar refractivity (Wildman–Crippen MR) is 68.7 cm³/mol. The van der Waals surface area contributed by atoms with Crippen molar-refractivity contribution >= 4 is 11.7 Å². The molecule has 0 N–H and O–H groups in total. The van der Waals surface area contributed by atoms with E-state index in [0.29, 0.717) is 0 Å². The number of benzene rings is 1. The Morgan fingerprint density at radius 1 is 1.33 bits per heavy atom. The molecule has 1 aromatic carbocycles. The molecule has 0 atom stereocenters. The fourth-order valence-electron chi connectivity index (χ4n) is 1.50. The van der Waals surface area contributed by atoms with Gasteiger partial charge in [-0.3, -0.25) is 10.1 Å². The van der Waals surface area contributed by atoms with Gasteiger partial charge < -0.3 is 9.47 Å². The van der Waals surface area contributed by atoms with E-state index in [4.69, 9.17) is 4.74 Å². The van der Waals surface area contributed by atoms with Crippen LogP contribution in [0.1, 0.15) is 10.5 Å². The third-order valence-electron chi connectivity index (χ3n) is 2.48. The van der Waals surface area contributed by atoms with Gasteiger partial charge in [0.25, 0.3) is 5.69 Å². The van der Waals surface area contributed by atoms with E-state index in [1.807, 2.05) is 0 Å². The molecule has 0 bridgehead atoms. The summed E-state index contributed by atoms with van der Waals surface area (Å²) in [7, 11) is 1.20. The molecular weight excluding hydrogens is 283 g/mol. The van der Waals surface area contributed by atoms with Crippen molar-refractivity contribution in [3.05, 3.63) is 58.2 Å². The van der Waals surface area contributed by atoms with Crippen molar-refractivity contribution in [2.24, 2.45) is 0 Å². The van der Waals surface area contributed by atoms with Gasteiger partial charge in [-0.1, -0.05) is 0 Å². The number of carbonyl (C=O) groups excluding carboxylic acids is 1. The highest BCUT2D eigenvalue weighted by atomic mass is 19.1. The number of ether oxygens (including phenoxy) is 2. The molecule has 1 aromatic heterocycles. The Bertz CT molecular complexity index is 705. The molecule has 0 saturated carbocycles. The molecule has 108 valence electrons. The zero-order chi connectivity index (χ0) is 15.4. The first-order chi connectivity index (χ1) is 10.0. The number of nitro benzene ring substituents is 1. The maximum Gasteiger partial charge on any atom is 0.356 e. The molecule has 0 saturated heterocycles. The number of nitrogens with zero attached hydrogens (tertiary/aromatic N) is 2. The Hall–Kier alpha value is -3.03. The van der Waals surface area contributed by atoms with Gasteiger partial charge in [0.2, 0.25) is 0 Å². The molecule has 1 heterocycles. The zero-order valence-corrected chi connectivity index (χ0v) is 10.8. The van der Waals surface area contributed by atoms with Crippen LogP contribution in [0.5, 0.6) is 11.5 Å². The number of methoxy groups -OCH3 is 1. The molecule has 0 aliphatic heterocycles. The third kappa shape index (κ3) is 3.30. The van der Waals surface area contributed by atoms with Gasteiger partial charge in [-0.2, -0.15) is 0 Å². The summed E-state index contributed by atoms with van der Waals surface area (Å²) in [5, 5.41) is 10.5. The number of halogens is 1. The van der Waals surface area contributed by atoms with E-state index in [2.05, 4.69) is 9.72 Å². The number of carbonyl (C=O) groups is 1. The summed E-state index contributed by atoms with van der Waals surface area (Å²) in [5.41, 5.74) is -0.387. The first-order valence-corrected chi connectivity index (χ1v) is 5.67. The molecule has 0 unspecified atom stereocenters. The van der Waals surface area contributed by atoms with Crippen LogP contribution in [0.4, 0.5) is 10.1 Å². The highest BCUT2D eigenvalue weighted by Gasteiger charge is 2.13. The molecule has 7 nitrogen and oxygen atoms in total. The van der Waals surface area contributed by atoms with Crippen LogP contribution in [0.3, 0.4) is 0 Å². The van der Waals surface area contributed by atoms with E-state index in [1.54, 1.807) is 0 Å². The number of non-ortho nitro benzene ring substituents is 1. The lowest BCUT2D eigenvalue weighted by atomic mass is 10.3. The minimum atomic E-state index is -0.888. The van der Waals surface area contributed by atoms with Crippen molar-refractivity contribution in [3.8, 4) is 11.5 Å². The smallest absolute Gasteiger partial charge is 0.356 e. The summed E-state index contributed by atoms with van der Waals surface area (Å²) in [5.74, 6) is -1.61. The van der Waals surface area contributed by atoms with Crippen molar-refractivity contribution in [3.63, 3.8) is 0 Å². The van der Waals surface area contributed by atoms with E-state index in [1.165, 1.54) is 25.4 Å². The van der Waals surface area contributed by atoms with Crippen molar-refractivity contribution in [2.75, 3.05) is 7.11 Å². The predicted octanol–water partition coefficient (Wildman–Crippen LogP) is 2.71. The van der Waals surface area contributed by atoms with E-state index < -0.39 is 16.7 Å². The number of pyridine rings is 1. The number of rotatable bonds is 4. The second-order valence-corrected chi connectivity index (χ2v) is 3.84. The molecule has 0 aliphatic rings. The molecule has 21 heavy (non-hydrogen) atoms. The Labute approximate surface area is 118 Å². The number of hydrogen-bond donors (Lipinski definition) is 0. The topological polar surface area (TPSA) is 91.6 Å². The monoisotopic (exact) mass is 292 g/mol. The second-order valence-electron chi connectivity index (χ2n) is 3.84. The lowest BCUT2D eigenvalue weighted by molar-refractivity contribution is -0.385. The zero-order valence-electron chi connectivity index (χ0n) is 10.8. The molecule has 8 heteroatoms. The van der Waals surface area contributed by atoms with Gasteiger partial charge in [0.1, 0.15) is 5.75 Å². The maximum atomic E-state index is 13.7. The largest absolute Gasteiger partial charge is 0.464 e. The van der Waals surface area contributed by atoms with Gasteiger partial charge >= 0.3 is 5.97 Å². The summed E-state index contributed by atoms with van der Waals surface area (Å²) < 4.78 is 23.4. The third-order valence-corrected chi connectivity index (χ3v) is 2.48. The minimum Gasteiger partial charge on any atom is -0.464 e. The molecule has 0 radical (unpaired) electrons. The van der Waals surface area contributed by atoms with Crippen molar-refractivity contribution in [1.82, 2.24) is 4.98 Å². The summed E-state index contributed by atoms with van der Waals surface area (Å²) in [6.45, 7) is 0. The van der Waals surface area contributed by atoms with Crippen LogP contribution in [-0.4, -0.2) is 23.0 Å². The van der Waals surface area contributed by atoms with Gasteiger partial charge in [-0.25, -0.2) is 14.2 Å². The van der Waals surface area contributed by atoms with Gasteiger partial charge in [0, 0.05) is 18.3 Å². The number of hydrogen-bond acceptors (Lipinski definition) is 6. The van der Waals surface area contributed by atoms with Gasteiger partial charge in [-0.05, 0) is 12.1 Å². The van der Waals surface area contributed by atoms with Crippen molar-refractivity contribution in [2.45, 2.75) is 0 Å².